The van der Waals surface area contributed by atoms with Crippen LogP contribution in [0.1, 0.15) is 6.92 Å². The molecular weight excluding hydrogens is 390 g/mol. The zero-order valence-electron chi connectivity index (χ0n) is 11.9. The van der Waals surface area contributed by atoms with Gasteiger partial charge in [-0.05, 0) is 25.1 Å². The average Bonchev–Trinajstić information content (AvgIpc) is 2.36. The maximum Gasteiger partial charge on any atom is 0.246 e. The van der Waals surface area contributed by atoms with Crippen molar-refractivity contribution in [2.24, 2.45) is 10.7 Å². The van der Waals surface area contributed by atoms with Gasteiger partial charge in [0.25, 0.3) is 0 Å². The van der Waals surface area contributed by atoms with E-state index >= 15 is 0 Å². The van der Waals surface area contributed by atoms with Gasteiger partial charge in [-0.25, -0.2) is 9.38 Å². The van der Waals surface area contributed by atoms with Gasteiger partial charge in [-0.3, -0.25) is 4.79 Å². The van der Waals surface area contributed by atoms with Gasteiger partial charge in [0.2, 0.25) is 5.91 Å². The summed E-state index contributed by atoms with van der Waals surface area (Å²) in [6, 6.07) is 5.62. The molecule has 1 amide bonds. The molecule has 0 fully saturated rings. The molecule has 8 heteroatoms. The molecule has 6 nitrogen and oxygen atoms in total. The number of rotatable bonds is 6. The molecule has 1 aromatic carbocycles. The first-order valence-electron chi connectivity index (χ1n) is 6.12. The Bertz CT molecular complexity index is 485. The van der Waals surface area contributed by atoms with Crippen LogP contribution >= 0.6 is 24.0 Å². The van der Waals surface area contributed by atoms with E-state index in [1.807, 2.05) is 6.92 Å². The molecule has 0 saturated heterocycles. The zero-order valence-corrected chi connectivity index (χ0v) is 14.3. The average molecular weight is 410 g/mol. The predicted octanol–water partition coefficient (Wildman–Crippen LogP) is 1.32. The smallest absolute Gasteiger partial charge is 0.246 e. The summed E-state index contributed by atoms with van der Waals surface area (Å²) in [5.41, 5.74) is 5.99. The first-order chi connectivity index (χ1) is 9.51. The van der Waals surface area contributed by atoms with E-state index in [0.29, 0.717) is 12.3 Å². The summed E-state index contributed by atoms with van der Waals surface area (Å²) in [5.74, 6) is -0.635. The Kier molecular flexibility index (Phi) is 9.63. The predicted molar refractivity (Wildman–Crippen MR) is 91.4 cm³/mol. The Labute approximate surface area is 140 Å². The van der Waals surface area contributed by atoms with E-state index in [1.54, 1.807) is 13.2 Å². The lowest BCUT2D eigenvalue weighted by Gasteiger charge is -2.13. The summed E-state index contributed by atoms with van der Waals surface area (Å²) < 4.78 is 17.9. The Balaban J connectivity index is 0.00000400. The molecule has 1 atom stereocenters. The zero-order chi connectivity index (χ0) is 15.0. The Morgan fingerprint density at radius 2 is 2.24 bits per heavy atom. The molecule has 0 bridgehead atoms. The summed E-state index contributed by atoms with van der Waals surface area (Å²) in [5, 5.41) is 5.39. The number of hydrogen-bond donors (Lipinski definition) is 3. The number of hydrogen-bond acceptors (Lipinski definition) is 3. The van der Waals surface area contributed by atoms with Crippen molar-refractivity contribution < 1.29 is 13.9 Å². The first kappa shape index (κ1) is 19.6. The van der Waals surface area contributed by atoms with Crippen molar-refractivity contribution in [3.63, 3.8) is 0 Å². The fourth-order valence-electron chi connectivity index (χ4n) is 1.51. The highest BCUT2D eigenvalue weighted by Gasteiger charge is 2.04. The Hall–Kier alpha value is -1.42. The van der Waals surface area contributed by atoms with Crippen LogP contribution in [0.15, 0.2) is 29.3 Å². The number of guanidine groups is 1. The molecule has 0 aromatic heterocycles. The molecule has 1 aromatic rings. The summed E-state index contributed by atoms with van der Waals surface area (Å²) in [7, 11) is 1.58. The minimum Gasteiger partial charge on any atom is -0.383 e. The molecule has 0 aliphatic rings. The summed E-state index contributed by atoms with van der Waals surface area (Å²) in [6.07, 6.45) is 0. The number of carbonyl (C=O) groups is 1. The molecule has 0 saturated carbocycles. The normalized spacial score (nSPS) is 12.2. The highest BCUT2D eigenvalue weighted by Crippen LogP contribution is 2.08. The van der Waals surface area contributed by atoms with Gasteiger partial charge in [0.05, 0.1) is 6.61 Å². The summed E-state index contributed by atoms with van der Waals surface area (Å²) in [4.78, 5) is 15.5. The van der Waals surface area contributed by atoms with E-state index in [9.17, 15) is 9.18 Å². The van der Waals surface area contributed by atoms with Gasteiger partial charge < -0.3 is 21.1 Å². The molecular formula is C13H20FIN4O2. The largest absolute Gasteiger partial charge is 0.383 e. The third-order valence-electron chi connectivity index (χ3n) is 2.31. The molecule has 0 spiro atoms. The van der Waals surface area contributed by atoms with E-state index < -0.39 is 5.82 Å². The van der Waals surface area contributed by atoms with Crippen LogP contribution in [0.5, 0.6) is 0 Å². The van der Waals surface area contributed by atoms with Crippen molar-refractivity contribution in [1.29, 1.82) is 0 Å². The quantitative estimate of drug-likeness (QED) is 0.375. The van der Waals surface area contributed by atoms with E-state index in [0.717, 1.165) is 0 Å². The third-order valence-corrected chi connectivity index (χ3v) is 2.31. The number of carbonyl (C=O) groups excluding carboxylic acids is 1. The van der Waals surface area contributed by atoms with Crippen LogP contribution in [0, 0.1) is 5.82 Å². The van der Waals surface area contributed by atoms with E-state index in [1.165, 1.54) is 18.2 Å². The standard InChI is InChI=1S/C13H19FN4O2.HI/c1-9(8-20-2)17-13(15)16-7-12(19)18-11-5-3-4-10(14)6-11;/h3-6,9H,7-8H2,1-2H3,(H,18,19)(H3,15,16,17);1H. The second-order valence-electron chi connectivity index (χ2n) is 4.26. The first-order valence-corrected chi connectivity index (χ1v) is 6.12. The number of benzene rings is 1. The van der Waals surface area contributed by atoms with Crippen LogP contribution in [0.3, 0.4) is 0 Å². The lowest BCUT2D eigenvalue weighted by molar-refractivity contribution is -0.114. The molecule has 0 aliphatic heterocycles. The van der Waals surface area contributed by atoms with Crippen LogP contribution < -0.4 is 16.4 Å². The number of amides is 1. The van der Waals surface area contributed by atoms with Crippen molar-refractivity contribution >= 4 is 41.5 Å². The van der Waals surface area contributed by atoms with Crippen LogP contribution in [0.4, 0.5) is 10.1 Å². The molecule has 1 unspecified atom stereocenters. The monoisotopic (exact) mass is 410 g/mol. The minimum atomic E-state index is -0.416. The van der Waals surface area contributed by atoms with Crippen molar-refractivity contribution in [3.8, 4) is 0 Å². The van der Waals surface area contributed by atoms with Gasteiger partial charge in [0.1, 0.15) is 12.4 Å². The van der Waals surface area contributed by atoms with Gasteiger partial charge in [-0.15, -0.1) is 24.0 Å². The van der Waals surface area contributed by atoms with Gasteiger partial charge in [-0.1, -0.05) is 6.07 Å². The summed E-state index contributed by atoms with van der Waals surface area (Å²) in [6.45, 7) is 2.21. The highest BCUT2D eigenvalue weighted by atomic mass is 127. The van der Waals surface area contributed by atoms with Gasteiger partial charge >= 0.3 is 0 Å². The summed E-state index contributed by atoms with van der Waals surface area (Å²) >= 11 is 0. The number of nitrogens with two attached hydrogens (primary N) is 1. The van der Waals surface area contributed by atoms with E-state index in [-0.39, 0.29) is 48.4 Å². The number of anilines is 1. The van der Waals surface area contributed by atoms with Crippen molar-refractivity contribution in [2.75, 3.05) is 25.6 Å². The Morgan fingerprint density at radius 3 is 2.86 bits per heavy atom. The molecule has 4 N–H and O–H groups in total. The van der Waals surface area contributed by atoms with Crippen LogP contribution in [-0.2, 0) is 9.53 Å². The van der Waals surface area contributed by atoms with Crippen LogP contribution in [-0.4, -0.2) is 38.2 Å². The highest BCUT2D eigenvalue weighted by molar-refractivity contribution is 14.0. The minimum absolute atomic E-state index is 0. The topological polar surface area (TPSA) is 88.7 Å². The number of nitrogens with zero attached hydrogens (tertiary/aromatic N) is 1. The maximum atomic E-state index is 12.9. The van der Waals surface area contributed by atoms with Gasteiger partial charge in [0.15, 0.2) is 5.96 Å². The third kappa shape index (κ3) is 8.45. The van der Waals surface area contributed by atoms with E-state index in [2.05, 4.69) is 15.6 Å². The molecule has 0 aliphatic carbocycles. The van der Waals surface area contributed by atoms with Crippen LogP contribution in [0.2, 0.25) is 0 Å². The lowest BCUT2D eigenvalue weighted by Crippen LogP contribution is -2.41. The van der Waals surface area contributed by atoms with Gasteiger partial charge in [-0.2, -0.15) is 0 Å². The Morgan fingerprint density at radius 1 is 1.52 bits per heavy atom. The molecule has 1 rings (SSSR count). The second kappa shape index (κ2) is 10.3. The number of nitrogens with one attached hydrogen (secondary N) is 2. The van der Waals surface area contributed by atoms with Crippen molar-refractivity contribution in [1.82, 2.24) is 5.32 Å². The van der Waals surface area contributed by atoms with E-state index in [4.69, 9.17) is 10.5 Å². The van der Waals surface area contributed by atoms with Crippen molar-refractivity contribution in [2.45, 2.75) is 13.0 Å². The number of aliphatic imine (C=N–C) groups is 1. The number of ether oxygens (including phenoxy) is 1. The lowest BCUT2D eigenvalue weighted by atomic mass is 10.3. The molecule has 118 valence electrons. The van der Waals surface area contributed by atoms with Crippen molar-refractivity contribution in [3.05, 3.63) is 30.1 Å². The number of methoxy groups -OCH3 is 1. The second-order valence-corrected chi connectivity index (χ2v) is 4.26. The SMILES string of the molecule is COCC(C)NC(N)=NCC(=O)Nc1cccc(F)c1.I. The van der Waals surface area contributed by atoms with Crippen LogP contribution in [0.25, 0.3) is 0 Å². The number of halogens is 2. The molecule has 0 radical (unpaired) electrons. The molecule has 21 heavy (non-hydrogen) atoms. The fourth-order valence-corrected chi connectivity index (χ4v) is 1.51. The molecule has 0 heterocycles. The fraction of sp³-hybridized carbons (Fsp3) is 0.385. The van der Waals surface area contributed by atoms with Gasteiger partial charge in [0, 0.05) is 18.8 Å². The maximum absolute atomic E-state index is 12.9.